The third-order valence-corrected chi connectivity index (χ3v) is 6.84. The Morgan fingerprint density at radius 2 is 2.25 bits per heavy atom. The van der Waals surface area contributed by atoms with Crippen LogP contribution in [-0.2, 0) is 16.5 Å². The Morgan fingerprint density at radius 3 is 2.96 bits per heavy atom. The van der Waals surface area contributed by atoms with E-state index < -0.39 is 0 Å². The normalized spacial score (nSPS) is 26.7. The first-order valence-corrected chi connectivity index (χ1v) is 9.74. The number of aromatic nitrogens is 2. The lowest BCUT2D eigenvalue weighted by Gasteiger charge is -2.47. The number of carbonyl (C=O) groups is 1. The highest BCUT2D eigenvalue weighted by Crippen LogP contribution is 2.46. The molecule has 0 aliphatic carbocycles. The number of likely N-dealkylation sites (tertiary alicyclic amines) is 1. The number of nitrogens with zero attached hydrogens (tertiary/aromatic N) is 3. The molecule has 0 N–H and O–H groups in total. The van der Waals surface area contributed by atoms with Crippen molar-refractivity contribution in [1.29, 1.82) is 0 Å². The van der Waals surface area contributed by atoms with Gasteiger partial charge in [-0.05, 0) is 31.2 Å². The summed E-state index contributed by atoms with van der Waals surface area (Å²) in [6, 6.07) is 1.79. The van der Waals surface area contributed by atoms with Gasteiger partial charge in [0.15, 0.2) is 0 Å². The molecule has 1 aromatic heterocycles. The Balaban J connectivity index is 1.23. The molecule has 0 radical (unpaired) electrons. The third-order valence-electron chi connectivity index (χ3n) is 5.26. The molecule has 1 amide bonds. The van der Waals surface area contributed by atoms with Crippen molar-refractivity contribution in [3.8, 4) is 0 Å². The fraction of sp³-hybridized carbons (Fsp3) is 0.765. The first-order chi connectivity index (χ1) is 11.6. The van der Waals surface area contributed by atoms with Crippen molar-refractivity contribution in [3.05, 3.63) is 18.0 Å². The van der Waals surface area contributed by atoms with Crippen LogP contribution in [0.15, 0.2) is 12.3 Å². The van der Waals surface area contributed by atoms with Gasteiger partial charge in [0.2, 0.25) is 0 Å². The predicted molar refractivity (Wildman–Crippen MR) is 92.2 cm³/mol. The Kier molecular flexibility index (Phi) is 4.58. The predicted octanol–water partition coefficient (Wildman–Crippen LogP) is 1.56. The smallest absolute Gasteiger partial charge is 0.274 e. The van der Waals surface area contributed by atoms with Gasteiger partial charge in [-0.15, -0.1) is 11.8 Å². The SMILES string of the molecule is Cn1ccc(C(=O)N2CC3(CC(OCC4CCOCC4)CS3)C2)n1. The van der Waals surface area contributed by atoms with Crippen molar-refractivity contribution < 1.29 is 14.3 Å². The van der Waals surface area contributed by atoms with Gasteiger partial charge in [0.05, 0.1) is 10.9 Å². The van der Waals surface area contributed by atoms with E-state index >= 15 is 0 Å². The Morgan fingerprint density at radius 1 is 1.46 bits per heavy atom. The number of thioether (sulfide) groups is 1. The minimum Gasteiger partial charge on any atom is -0.381 e. The molecule has 6 nitrogen and oxygen atoms in total. The molecule has 7 heteroatoms. The fourth-order valence-corrected chi connectivity index (χ4v) is 5.35. The van der Waals surface area contributed by atoms with Crippen molar-refractivity contribution in [2.75, 3.05) is 38.7 Å². The van der Waals surface area contributed by atoms with Crippen LogP contribution >= 0.6 is 11.8 Å². The number of amides is 1. The molecule has 1 aromatic rings. The number of aryl methyl sites for hydroxylation is 1. The van der Waals surface area contributed by atoms with Gasteiger partial charge in [-0.3, -0.25) is 9.48 Å². The standard InChI is InChI=1S/C17H25N3O3S/c1-19-5-2-15(18-19)16(21)20-11-17(12-20)8-14(10-24-17)23-9-13-3-6-22-7-4-13/h2,5,13-14H,3-4,6-12H2,1H3. The van der Waals surface area contributed by atoms with Gasteiger partial charge in [0, 0.05) is 51.9 Å². The lowest BCUT2D eigenvalue weighted by atomic mass is 9.92. The zero-order chi connectivity index (χ0) is 16.6. The summed E-state index contributed by atoms with van der Waals surface area (Å²) in [6.45, 7) is 4.26. The van der Waals surface area contributed by atoms with Crippen molar-refractivity contribution >= 4 is 17.7 Å². The zero-order valence-corrected chi connectivity index (χ0v) is 15.0. The summed E-state index contributed by atoms with van der Waals surface area (Å²) in [5.74, 6) is 1.76. The number of carbonyl (C=O) groups excluding carboxylic acids is 1. The molecular formula is C17H25N3O3S. The minimum atomic E-state index is 0.0494. The van der Waals surface area contributed by atoms with Crippen LogP contribution < -0.4 is 0 Å². The van der Waals surface area contributed by atoms with Crippen LogP contribution in [0.4, 0.5) is 0 Å². The van der Waals surface area contributed by atoms with Crippen LogP contribution in [0.3, 0.4) is 0 Å². The van der Waals surface area contributed by atoms with E-state index in [0.717, 1.165) is 57.9 Å². The maximum atomic E-state index is 12.4. The molecular weight excluding hydrogens is 326 g/mol. The Hall–Kier alpha value is -1.05. The highest BCUT2D eigenvalue weighted by molar-refractivity contribution is 8.01. The van der Waals surface area contributed by atoms with E-state index in [-0.39, 0.29) is 10.7 Å². The number of hydrogen-bond acceptors (Lipinski definition) is 5. The van der Waals surface area contributed by atoms with E-state index in [1.54, 1.807) is 10.7 Å². The first-order valence-electron chi connectivity index (χ1n) is 8.76. The summed E-state index contributed by atoms with van der Waals surface area (Å²) < 4.78 is 13.4. The van der Waals surface area contributed by atoms with Crippen molar-refractivity contribution in [2.24, 2.45) is 13.0 Å². The molecule has 1 atom stereocenters. The van der Waals surface area contributed by atoms with Crippen LogP contribution in [0, 0.1) is 5.92 Å². The summed E-state index contributed by atoms with van der Waals surface area (Å²) in [6.07, 6.45) is 5.46. The highest BCUT2D eigenvalue weighted by Gasteiger charge is 2.51. The zero-order valence-electron chi connectivity index (χ0n) is 14.1. The maximum absolute atomic E-state index is 12.4. The topological polar surface area (TPSA) is 56.6 Å². The molecule has 0 aromatic carbocycles. The molecule has 4 rings (SSSR count). The third kappa shape index (κ3) is 3.34. The Labute approximate surface area is 146 Å². The number of ether oxygens (including phenoxy) is 2. The molecule has 3 saturated heterocycles. The monoisotopic (exact) mass is 351 g/mol. The van der Waals surface area contributed by atoms with E-state index in [1.165, 1.54) is 0 Å². The number of hydrogen-bond donors (Lipinski definition) is 0. The minimum absolute atomic E-state index is 0.0494. The average molecular weight is 351 g/mol. The second kappa shape index (κ2) is 6.69. The Bertz CT molecular complexity index is 594. The van der Waals surface area contributed by atoms with Crippen LogP contribution in [0.5, 0.6) is 0 Å². The van der Waals surface area contributed by atoms with E-state index in [1.807, 2.05) is 29.9 Å². The van der Waals surface area contributed by atoms with E-state index in [2.05, 4.69) is 5.10 Å². The van der Waals surface area contributed by atoms with Crippen LogP contribution in [0.2, 0.25) is 0 Å². The molecule has 4 heterocycles. The van der Waals surface area contributed by atoms with Gasteiger partial charge in [-0.1, -0.05) is 0 Å². The largest absolute Gasteiger partial charge is 0.381 e. The quantitative estimate of drug-likeness (QED) is 0.824. The van der Waals surface area contributed by atoms with Crippen molar-refractivity contribution in [1.82, 2.24) is 14.7 Å². The second-order valence-corrected chi connectivity index (χ2v) is 8.73. The van der Waals surface area contributed by atoms with E-state index in [0.29, 0.717) is 17.7 Å². The molecule has 132 valence electrons. The van der Waals surface area contributed by atoms with Crippen molar-refractivity contribution in [2.45, 2.75) is 30.1 Å². The lowest BCUT2D eigenvalue weighted by molar-refractivity contribution is -0.0119. The van der Waals surface area contributed by atoms with Gasteiger partial charge in [-0.2, -0.15) is 5.10 Å². The van der Waals surface area contributed by atoms with Gasteiger partial charge < -0.3 is 14.4 Å². The fourth-order valence-electron chi connectivity index (χ4n) is 3.80. The van der Waals surface area contributed by atoms with Gasteiger partial charge in [-0.25, -0.2) is 0 Å². The van der Waals surface area contributed by atoms with E-state index in [4.69, 9.17) is 9.47 Å². The maximum Gasteiger partial charge on any atom is 0.274 e. The molecule has 1 unspecified atom stereocenters. The van der Waals surface area contributed by atoms with Crippen LogP contribution in [0.25, 0.3) is 0 Å². The second-order valence-electron chi connectivity index (χ2n) is 7.25. The average Bonchev–Trinajstić information content (AvgIpc) is 3.18. The van der Waals surface area contributed by atoms with Crippen LogP contribution in [-0.4, -0.2) is 70.1 Å². The van der Waals surface area contributed by atoms with E-state index in [9.17, 15) is 4.79 Å². The summed E-state index contributed by atoms with van der Waals surface area (Å²) in [5.41, 5.74) is 0.544. The van der Waals surface area contributed by atoms with Crippen molar-refractivity contribution in [3.63, 3.8) is 0 Å². The molecule has 0 saturated carbocycles. The summed E-state index contributed by atoms with van der Waals surface area (Å²) in [4.78, 5) is 14.3. The molecule has 3 aliphatic rings. The molecule has 3 fully saturated rings. The van der Waals surface area contributed by atoms with Crippen LogP contribution in [0.1, 0.15) is 29.8 Å². The van der Waals surface area contributed by atoms with Gasteiger partial charge in [0.1, 0.15) is 5.69 Å². The summed E-state index contributed by atoms with van der Waals surface area (Å²) >= 11 is 1.98. The van der Waals surface area contributed by atoms with Gasteiger partial charge in [0.25, 0.3) is 5.91 Å². The molecule has 0 bridgehead atoms. The highest BCUT2D eigenvalue weighted by atomic mass is 32.2. The molecule has 3 aliphatic heterocycles. The summed E-state index contributed by atoms with van der Waals surface area (Å²) in [5, 5.41) is 4.21. The first kappa shape index (κ1) is 16.4. The van der Waals surface area contributed by atoms with Gasteiger partial charge >= 0.3 is 0 Å². The lowest BCUT2D eigenvalue weighted by Crippen LogP contribution is -2.60. The molecule has 1 spiro atoms. The molecule has 24 heavy (non-hydrogen) atoms. The summed E-state index contributed by atoms with van der Waals surface area (Å²) in [7, 11) is 1.83. The number of rotatable bonds is 4.